The van der Waals surface area contributed by atoms with Crippen LogP contribution >= 0.6 is 11.8 Å². The Morgan fingerprint density at radius 1 is 1.35 bits per heavy atom. The number of nitrogens with zero attached hydrogens (tertiary/aromatic N) is 4. The van der Waals surface area contributed by atoms with Crippen LogP contribution in [0.1, 0.15) is 13.3 Å². The van der Waals surface area contributed by atoms with Gasteiger partial charge in [0.15, 0.2) is 0 Å². The molecular weight excluding hydrogens is 236 g/mol. The first-order valence-electron chi connectivity index (χ1n) is 5.48. The van der Waals surface area contributed by atoms with E-state index in [0.29, 0.717) is 17.1 Å². The van der Waals surface area contributed by atoms with Gasteiger partial charge in [0.2, 0.25) is 17.8 Å². The predicted octanol–water partition coefficient (Wildman–Crippen LogP) is 1.07. The summed E-state index contributed by atoms with van der Waals surface area (Å²) in [5.41, 5.74) is 5.62. The summed E-state index contributed by atoms with van der Waals surface area (Å²) in [5, 5.41) is 3.78. The lowest BCUT2D eigenvalue weighted by molar-refractivity contribution is 0.840. The Morgan fingerprint density at radius 3 is 2.65 bits per heavy atom. The molecule has 0 amide bonds. The zero-order valence-corrected chi connectivity index (χ0v) is 11.6. The van der Waals surface area contributed by atoms with Gasteiger partial charge >= 0.3 is 0 Å². The minimum absolute atomic E-state index is 0.240. The van der Waals surface area contributed by atoms with Crippen molar-refractivity contribution in [2.75, 3.05) is 42.8 Å². The summed E-state index contributed by atoms with van der Waals surface area (Å²) in [5.74, 6) is 1.34. The zero-order chi connectivity index (χ0) is 12.8. The molecule has 6 nitrogen and oxygen atoms in total. The van der Waals surface area contributed by atoms with Gasteiger partial charge in [0.05, 0.1) is 0 Å². The van der Waals surface area contributed by atoms with Crippen molar-refractivity contribution in [3.05, 3.63) is 0 Å². The number of anilines is 3. The third-order valence-corrected chi connectivity index (χ3v) is 3.32. The maximum atomic E-state index is 5.62. The Kier molecular flexibility index (Phi) is 5.27. The van der Waals surface area contributed by atoms with Crippen LogP contribution in [0.25, 0.3) is 0 Å². The van der Waals surface area contributed by atoms with Gasteiger partial charge < -0.3 is 16.0 Å². The number of aromatic nitrogens is 3. The number of nitrogens with one attached hydrogen (secondary N) is 1. The summed E-state index contributed by atoms with van der Waals surface area (Å²) in [7, 11) is 3.74. The summed E-state index contributed by atoms with van der Waals surface area (Å²) in [4.78, 5) is 14.1. The molecule has 0 aliphatic carbocycles. The number of nitrogens with two attached hydrogens (primary N) is 1. The molecule has 1 atom stereocenters. The van der Waals surface area contributed by atoms with Gasteiger partial charge in [-0.15, -0.1) is 0 Å². The SMILES string of the molecule is CSC(C)CCNc1nc(N)nc(N(C)C)n1. The molecule has 0 aliphatic rings. The van der Waals surface area contributed by atoms with E-state index in [4.69, 9.17) is 5.73 Å². The van der Waals surface area contributed by atoms with Gasteiger partial charge in [0.1, 0.15) is 0 Å². The van der Waals surface area contributed by atoms with Gasteiger partial charge in [-0.3, -0.25) is 0 Å². The highest BCUT2D eigenvalue weighted by Crippen LogP contribution is 2.11. The Hall–Kier alpha value is -1.24. The molecule has 1 aromatic rings. The molecular formula is C10H20N6S. The Morgan fingerprint density at radius 2 is 2.06 bits per heavy atom. The first-order valence-corrected chi connectivity index (χ1v) is 6.77. The molecule has 0 radical (unpaired) electrons. The lowest BCUT2D eigenvalue weighted by Crippen LogP contribution is -2.17. The van der Waals surface area contributed by atoms with Crippen LogP contribution in [0.2, 0.25) is 0 Å². The van der Waals surface area contributed by atoms with Gasteiger partial charge in [-0.05, 0) is 12.7 Å². The summed E-state index contributed by atoms with van der Waals surface area (Å²) >= 11 is 1.85. The number of thioether (sulfide) groups is 1. The lowest BCUT2D eigenvalue weighted by Gasteiger charge is -2.13. The average molecular weight is 256 g/mol. The molecule has 1 rings (SSSR count). The molecule has 0 saturated carbocycles. The van der Waals surface area contributed by atoms with E-state index in [0.717, 1.165) is 13.0 Å². The van der Waals surface area contributed by atoms with Crippen molar-refractivity contribution < 1.29 is 0 Å². The minimum Gasteiger partial charge on any atom is -0.368 e. The summed E-state index contributed by atoms with van der Waals surface area (Å²) in [6.07, 6.45) is 3.17. The first-order chi connectivity index (χ1) is 8.02. The van der Waals surface area contributed by atoms with Crippen LogP contribution in [0.15, 0.2) is 0 Å². The topological polar surface area (TPSA) is 80.0 Å². The van der Waals surface area contributed by atoms with E-state index in [1.54, 1.807) is 4.90 Å². The van der Waals surface area contributed by atoms with Crippen LogP contribution in [0.4, 0.5) is 17.8 Å². The highest BCUT2D eigenvalue weighted by molar-refractivity contribution is 7.99. The molecule has 0 bridgehead atoms. The average Bonchev–Trinajstić information content (AvgIpc) is 2.28. The molecule has 0 aromatic carbocycles. The number of hydrogen-bond donors (Lipinski definition) is 2. The van der Waals surface area contributed by atoms with Crippen molar-refractivity contribution in [1.82, 2.24) is 15.0 Å². The fourth-order valence-electron chi connectivity index (χ4n) is 1.16. The molecule has 7 heteroatoms. The molecule has 1 aromatic heterocycles. The lowest BCUT2D eigenvalue weighted by atomic mass is 10.3. The summed E-state index contributed by atoms with van der Waals surface area (Å²) < 4.78 is 0. The Bertz CT molecular complexity index is 357. The summed E-state index contributed by atoms with van der Waals surface area (Å²) in [6.45, 7) is 3.03. The van der Waals surface area contributed by atoms with Crippen LogP contribution in [-0.4, -0.2) is 47.1 Å². The van der Waals surface area contributed by atoms with Crippen molar-refractivity contribution in [3.8, 4) is 0 Å². The van der Waals surface area contributed by atoms with Gasteiger partial charge in [-0.25, -0.2) is 0 Å². The second-order valence-corrected chi connectivity index (χ2v) is 5.25. The van der Waals surface area contributed by atoms with E-state index < -0.39 is 0 Å². The largest absolute Gasteiger partial charge is 0.368 e. The van der Waals surface area contributed by atoms with Crippen molar-refractivity contribution in [1.29, 1.82) is 0 Å². The molecule has 0 spiro atoms. The van der Waals surface area contributed by atoms with E-state index in [2.05, 4.69) is 33.4 Å². The zero-order valence-electron chi connectivity index (χ0n) is 10.8. The monoisotopic (exact) mass is 256 g/mol. The molecule has 17 heavy (non-hydrogen) atoms. The van der Waals surface area contributed by atoms with Crippen molar-refractivity contribution in [3.63, 3.8) is 0 Å². The number of hydrogen-bond acceptors (Lipinski definition) is 7. The van der Waals surface area contributed by atoms with Gasteiger partial charge in [-0.1, -0.05) is 6.92 Å². The predicted molar refractivity (Wildman–Crippen MR) is 74.7 cm³/mol. The minimum atomic E-state index is 0.240. The van der Waals surface area contributed by atoms with E-state index >= 15 is 0 Å². The van der Waals surface area contributed by atoms with Crippen molar-refractivity contribution >= 4 is 29.6 Å². The second kappa shape index (κ2) is 6.48. The van der Waals surface area contributed by atoms with E-state index in [1.807, 2.05) is 25.9 Å². The Labute approximate surface area is 106 Å². The molecule has 0 saturated heterocycles. The normalized spacial score (nSPS) is 12.2. The smallest absolute Gasteiger partial charge is 0.231 e. The second-order valence-electron chi connectivity index (χ2n) is 3.97. The van der Waals surface area contributed by atoms with Crippen molar-refractivity contribution in [2.45, 2.75) is 18.6 Å². The van der Waals surface area contributed by atoms with Gasteiger partial charge in [-0.2, -0.15) is 26.7 Å². The highest BCUT2D eigenvalue weighted by atomic mass is 32.2. The third-order valence-electron chi connectivity index (χ3n) is 2.28. The molecule has 0 aliphatic heterocycles. The van der Waals surface area contributed by atoms with Crippen LogP contribution in [-0.2, 0) is 0 Å². The fourth-order valence-corrected chi connectivity index (χ4v) is 1.52. The fraction of sp³-hybridized carbons (Fsp3) is 0.700. The Balaban J connectivity index is 2.59. The van der Waals surface area contributed by atoms with Crippen LogP contribution in [0.3, 0.4) is 0 Å². The molecule has 96 valence electrons. The van der Waals surface area contributed by atoms with E-state index in [1.165, 1.54) is 0 Å². The highest BCUT2D eigenvalue weighted by Gasteiger charge is 2.06. The van der Waals surface area contributed by atoms with Crippen LogP contribution in [0, 0.1) is 0 Å². The van der Waals surface area contributed by atoms with E-state index in [9.17, 15) is 0 Å². The molecule has 3 N–H and O–H groups in total. The quantitative estimate of drug-likeness (QED) is 0.788. The molecule has 1 heterocycles. The standard InChI is InChI=1S/C10H20N6S/c1-7(17-4)5-6-12-9-13-8(11)14-10(15-9)16(2)3/h7H,5-6H2,1-4H3,(H3,11,12,13,14,15). The van der Waals surface area contributed by atoms with Crippen LogP contribution in [0.5, 0.6) is 0 Å². The van der Waals surface area contributed by atoms with E-state index in [-0.39, 0.29) is 5.95 Å². The maximum absolute atomic E-state index is 5.62. The van der Waals surface area contributed by atoms with Gasteiger partial charge in [0.25, 0.3) is 0 Å². The summed E-state index contributed by atoms with van der Waals surface area (Å²) in [6, 6.07) is 0. The van der Waals surface area contributed by atoms with Crippen molar-refractivity contribution in [2.24, 2.45) is 0 Å². The molecule has 0 fully saturated rings. The number of nitrogen functional groups attached to an aromatic ring is 1. The first kappa shape index (κ1) is 13.8. The maximum Gasteiger partial charge on any atom is 0.231 e. The van der Waals surface area contributed by atoms with Gasteiger partial charge in [0, 0.05) is 25.9 Å². The third kappa shape index (κ3) is 4.64. The number of rotatable bonds is 6. The molecule has 1 unspecified atom stereocenters. The van der Waals surface area contributed by atoms with Crippen LogP contribution < -0.4 is 16.0 Å².